The maximum Gasteiger partial charge on any atom is 0.309 e. The van der Waals surface area contributed by atoms with Crippen molar-refractivity contribution in [2.75, 3.05) is 0 Å². The number of rotatable bonds is 37. The van der Waals surface area contributed by atoms with Gasteiger partial charge < -0.3 is 5.11 Å². The van der Waals surface area contributed by atoms with Crippen LogP contribution in [0.3, 0.4) is 0 Å². The molecule has 0 atom stereocenters. The van der Waals surface area contributed by atoms with Crippen LogP contribution in [-0.2, 0) is 4.79 Å². The van der Waals surface area contributed by atoms with E-state index in [0.717, 1.165) is 19.3 Å². The van der Waals surface area contributed by atoms with Gasteiger partial charge in [0.2, 0.25) is 0 Å². The minimum Gasteiger partial charge on any atom is -0.481 e. The van der Waals surface area contributed by atoms with Crippen molar-refractivity contribution in [2.24, 2.45) is 10.8 Å². The van der Waals surface area contributed by atoms with Crippen molar-refractivity contribution in [1.82, 2.24) is 0 Å². The van der Waals surface area contributed by atoms with Gasteiger partial charge in [0.15, 0.2) is 0 Å². The Balaban J connectivity index is 4.00. The summed E-state index contributed by atoms with van der Waals surface area (Å²) in [6, 6.07) is 0. The summed E-state index contributed by atoms with van der Waals surface area (Å²) in [5, 5.41) is 10.2. The molecule has 0 amide bonds. The van der Waals surface area contributed by atoms with Crippen LogP contribution in [-0.4, -0.2) is 11.1 Å². The van der Waals surface area contributed by atoms with Crippen LogP contribution >= 0.6 is 0 Å². The van der Waals surface area contributed by atoms with Gasteiger partial charge in [0.05, 0.1) is 5.41 Å². The molecule has 0 aliphatic rings. The van der Waals surface area contributed by atoms with Crippen LogP contribution in [0.2, 0.25) is 0 Å². The second kappa shape index (κ2) is 32.0. The number of carboxylic acids is 1. The Hall–Kier alpha value is -0.530. The summed E-state index contributed by atoms with van der Waals surface area (Å²) >= 11 is 0. The van der Waals surface area contributed by atoms with E-state index in [-0.39, 0.29) is 5.41 Å². The molecule has 0 saturated heterocycles. The third-order valence-electron chi connectivity index (χ3n) is 11.6. The fourth-order valence-corrected chi connectivity index (χ4v) is 7.80. The summed E-state index contributed by atoms with van der Waals surface area (Å²) in [6.07, 6.45) is 47.6. The molecule has 45 heavy (non-hydrogen) atoms. The van der Waals surface area contributed by atoms with Gasteiger partial charge in [-0.1, -0.05) is 226 Å². The second-order valence-corrected chi connectivity index (χ2v) is 15.7. The van der Waals surface area contributed by atoms with Crippen LogP contribution < -0.4 is 0 Å². The van der Waals surface area contributed by atoms with Crippen LogP contribution in [0.15, 0.2) is 0 Å². The number of aliphatic carboxylic acids is 1. The predicted molar refractivity (Wildman–Crippen MR) is 202 cm³/mol. The average molecular weight is 635 g/mol. The van der Waals surface area contributed by atoms with Gasteiger partial charge in [-0.3, -0.25) is 4.79 Å². The third-order valence-corrected chi connectivity index (χ3v) is 11.6. The molecule has 0 radical (unpaired) electrons. The Morgan fingerprint density at radius 3 is 0.756 bits per heavy atom. The molecule has 0 spiro atoms. The average Bonchev–Trinajstić information content (AvgIpc) is 3.03. The first kappa shape index (κ1) is 44.5. The monoisotopic (exact) mass is 635 g/mol. The lowest BCUT2D eigenvalue weighted by atomic mass is 9.59. The lowest BCUT2D eigenvalue weighted by Crippen LogP contribution is -2.43. The SMILES string of the molecule is CCCCCCCCCCCCCCCCCCC(CC)(CCCCCCCCCCCCCCCCCC)C(C)(C)C(=O)O. The first-order valence-electron chi connectivity index (χ1n) is 21.1. The van der Waals surface area contributed by atoms with Gasteiger partial charge in [-0.15, -0.1) is 0 Å². The molecule has 0 rings (SSSR count). The molecular weight excluding hydrogens is 548 g/mol. The van der Waals surface area contributed by atoms with E-state index in [1.54, 1.807) is 0 Å². The van der Waals surface area contributed by atoms with Crippen molar-refractivity contribution >= 4 is 5.97 Å². The normalized spacial score (nSPS) is 12.3. The molecule has 0 bridgehead atoms. The highest BCUT2D eigenvalue weighted by Crippen LogP contribution is 2.50. The summed E-state index contributed by atoms with van der Waals surface area (Å²) in [7, 11) is 0. The van der Waals surface area contributed by atoms with Crippen molar-refractivity contribution in [3.8, 4) is 0 Å². The van der Waals surface area contributed by atoms with Crippen LogP contribution in [0.4, 0.5) is 0 Å². The van der Waals surface area contributed by atoms with Gasteiger partial charge in [-0.2, -0.15) is 0 Å². The topological polar surface area (TPSA) is 37.3 Å². The van der Waals surface area contributed by atoms with Gasteiger partial charge in [0.1, 0.15) is 0 Å². The maximum atomic E-state index is 12.4. The Labute approximate surface area is 285 Å². The molecule has 1 N–H and O–H groups in total. The molecule has 0 aromatic heterocycles. The van der Waals surface area contributed by atoms with E-state index in [2.05, 4.69) is 20.8 Å². The van der Waals surface area contributed by atoms with Crippen molar-refractivity contribution in [2.45, 2.75) is 259 Å². The molecule has 0 unspecified atom stereocenters. The smallest absolute Gasteiger partial charge is 0.309 e. The van der Waals surface area contributed by atoms with E-state index >= 15 is 0 Å². The number of hydrogen-bond donors (Lipinski definition) is 1. The summed E-state index contributed by atoms with van der Waals surface area (Å²) in [5.41, 5.74) is -0.711. The molecule has 0 aromatic rings. The van der Waals surface area contributed by atoms with Crippen LogP contribution in [0.25, 0.3) is 0 Å². The minimum atomic E-state index is -0.646. The highest BCUT2D eigenvalue weighted by molar-refractivity contribution is 5.74. The molecule has 0 aromatic carbocycles. The zero-order valence-corrected chi connectivity index (χ0v) is 32.1. The highest BCUT2D eigenvalue weighted by atomic mass is 16.4. The van der Waals surface area contributed by atoms with Gasteiger partial charge >= 0.3 is 5.97 Å². The zero-order valence-electron chi connectivity index (χ0n) is 32.1. The van der Waals surface area contributed by atoms with Crippen molar-refractivity contribution in [3.05, 3.63) is 0 Å². The Morgan fingerprint density at radius 2 is 0.578 bits per heavy atom. The molecule has 270 valence electrons. The fourth-order valence-electron chi connectivity index (χ4n) is 7.80. The predicted octanol–water partition coefficient (Wildman–Crippen LogP) is 15.8. The van der Waals surface area contributed by atoms with Gasteiger partial charge in [-0.25, -0.2) is 0 Å². The van der Waals surface area contributed by atoms with E-state index in [0.29, 0.717) is 0 Å². The molecule has 0 aliphatic carbocycles. The van der Waals surface area contributed by atoms with E-state index in [1.807, 2.05) is 13.8 Å². The molecule has 2 nitrogen and oxygen atoms in total. The minimum absolute atomic E-state index is 0.0646. The van der Waals surface area contributed by atoms with E-state index < -0.39 is 11.4 Å². The summed E-state index contributed by atoms with van der Waals surface area (Å²) in [5.74, 6) is -0.600. The molecule has 0 aliphatic heterocycles. The summed E-state index contributed by atoms with van der Waals surface area (Å²) < 4.78 is 0. The highest BCUT2D eigenvalue weighted by Gasteiger charge is 2.47. The molecule has 0 saturated carbocycles. The van der Waals surface area contributed by atoms with Crippen LogP contribution in [0, 0.1) is 10.8 Å². The largest absolute Gasteiger partial charge is 0.481 e. The Morgan fingerprint density at radius 1 is 0.378 bits per heavy atom. The lowest BCUT2D eigenvalue weighted by Gasteiger charge is -2.44. The molecule has 0 fully saturated rings. The van der Waals surface area contributed by atoms with Gasteiger partial charge in [0.25, 0.3) is 0 Å². The number of unbranched alkanes of at least 4 members (excludes halogenated alkanes) is 30. The molecule has 2 heteroatoms. The number of carbonyl (C=O) groups is 1. The van der Waals surface area contributed by atoms with Crippen molar-refractivity contribution in [3.63, 3.8) is 0 Å². The first-order valence-corrected chi connectivity index (χ1v) is 21.1. The van der Waals surface area contributed by atoms with Gasteiger partial charge in [-0.05, 0) is 38.5 Å². The van der Waals surface area contributed by atoms with E-state index in [4.69, 9.17) is 0 Å². The fraction of sp³-hybridized carbons (Fsp3) is 0.977. The van der Waals surface area contributed by atoms with E-state index in [9.17, 15) is 9.90 Å². The quantitative estimate of drug-likeness (QED) is 0.0690. The third kappa shape index (κ3) is 24.3. The first-order chi connectivity index (χ1) is 21.9. The lowest BCUT2D eigenvalue weighted by molar-refractivity contribution is -0.157. The van der Waals surface area contributed by atoms with Crippen LogP contribution in [0.5, 0.6) is 0 Å². The molecule has 0 heterocycles. The second-order valence-electron chi connectivity index (χ2n) is 15.7. The van der Waals surface area contributed by atoms with Gasteiger partial charge in [0, 0.05) is 0 Å². The van der Waals surface area contributed by atoms with Crippen molar-refractivity contribution in [1.29, 1.82) is 0 Å². The molecular formula is C43H86O2. The summed E-state index contributed by atoms with van der Waals surface area (Å²) in [4.78, 5) is 12.4. The maximum absolute atomic E-state index is 12.4. The summed E-state index contributed by atoms with van der Waals surface area (Å²) in [6.45, 7) is 10.9. The number of carboxylic acid groups (broad SMARTS) is 1. The zero-order chi connectivity index (χ0) is 33.3. The Kier molecular flexibility index (Phi) is 31.7. The van der Waals surface area contributed by atoms with Crippen LogP contribution in [0.1, 0.15) is 259 Å². The number of hydrogen-bond acceptors (Lipinski definition) is 1. The van der Waals surface area contributed by atoms with Crippen molar-refractivity contribution < 1.29 is 9.90 Å². The standard InChI is InChI=1S/C43H86O2/c1-6-9-11-13-15-17-19-21-23-25-27-29-31-33-35-37-39-43(8-3,42(4,5)41(44)45)40-38-36-34-32-30-28-26-24-22-20-18-16-14-12-10-7-2/h6-40H2,1-5H3,(H,44,45). The van der Waals surface area contributed by atoms with E-state index in [1.165, 1.54) is 205 Å². The Bertz CT molecular complexity index is 573.